The SMILES string of the molecule is Fc1cccc(CBr)c1N1CCOc2ccccc2C1. The largest absolute Gasteiger partial charge is 0.491 e. The molecule has 1 heterocycles. The van der Waals surface area contributed by atoms with Gasteiger partial charge in [0.25, 0.3) is 0 Å². The molecule has 0 N–H and O–H groups in total. The van der Waals surface area contributed by atoms with E-state index in [1.165, 1.54) is 6.07 Å². The van der Waals surface area contributed by atoms with E-state index in [9.17, 15) is 4.39 Å². The van der Waals surface area contributed by atoms with E-state index >= 15 is 0 Å². The van der Waals surface area contributed by atoms with Crippen LogP contribution in [0.3, 0.4) is 0 Å². The lowest BCUT2D eigenvalue weighted by molar-refractivity contribution is 0.331. The average molecular weight is 336 g/mol. The Kier molecular flexibility index (Phi) is 3.92. The van der Waals surface area contributed by atoms with Gasteiger partial charge >= 0.3 is 0 Å². The second-order valence-electron chi connectivity index (χ2n) is 4.76. The van der Waals surface area contributed by atoms with Crippen molar-refractivity contribution in [2.45, 2.75) is 11.9 Å². The third-order valence-corrected chi connectivity index (χ3v) is 4.09. The maximum absolute atomic E-state index is 14.2. The molecule has 4 heteroatoms. The molecule has 0 aliphatic carbocycles. The monoisotopic (exact) mass is 335 g/mol. The van der Waals surface area contributed by atoms with Gasteiger partial charge in [0.2, 0.25) is 0 Å². The third-order valence-electron chi connectivity index (χ3n) is 3.48. The molecule has 0 bridgehead atoms. The van der Waals surface area contributed by atoms with Crippen LogP contribution >= 0.6 is 15.9 Å². The van der Waals surface area contributed by atoms with Crippen molar-refractivity contribution in [3.8, 4) is 5.75 Å². The zero-order valence-corrected chi connectivity index (χ0v) is 12.6. The minimum Gasteiger partial charge on any atom is -0.491 e. The van der Waals surface area contributed by atoms with Crippen molar-refractivity contribution in [3.05, 3.63) is 59.4 Å². The molecule has 104 valence electrons. The number of nitrogens with zero attached hydrogens (tertiary/aromatic N) is 1. The van der Waals surface area contributed by atoms with E-state index in [4.69, 9.17) is 4.74 Å². The van der Waals surface area contributed by atoms with Gasteiger partial charge in [0.1, 0.15) is 18.2 Å². The zero-order chi connectivity index (χ0) is 13.9. The topological polar surface area (TPSA) is 12.5 Å². The first-order valence-electron chi connectivity index (χ1n) is 6.58. The number of anilines is 1. The maximum Gasteiger partial charge on any atom is 0.146 e. The predicted octanol–water partition coefficient (Wildman–Crippen LogP) is 4.12. The molecule has 0 aromatic heterocycles. The molecule has 3 rings (SSSR count). The minimum absolute atomic E-state index is 0.179. The van der Waals surface area contributed by atoms with Crippen LogP contribution in [0.2, 0.25) is 0 Å². The minimum atomic E-state index is -0.179. The summed E-state index contributed by atoms with van der Waals surface area (Å²) in [6.07, 6.45) is 0. The zero-order valence-electron chi connectivity index (χ0n) is 11.0. The summed E-state index contributed by atoms with van der Waals surface area (Å²) in [6, 6.07) is 13.1. The fourth-order valence-electron chi connectivity index (χ4n) is 2.54. The van der Waals surface area contributed by atoms with E-state index in [0.717, 1.165) is 16.9 Å². The van der Waals surface area contributed by atoms with Crippen LogP contribution in [-0.4, -0.2) is 13.2 Å². The number of alkyl halides is 1. The number of hydrogen-bond donors (Lipinski definition) is 0. The lowest BCUT2D eigenvalue weighted by atomic mass is 10.1. The van der Waals surface area contributed by atoms with Gasteiger partial charge in [-0.2, -0.15) is 0 Å². The number of para-hydroxylation sites is 2. The Balaban J connectivity index is 2.00. The number of halogens is 2. The van der Waals surface area contributed by atoms with Crippen molar-refractivity contribution in [2.75, 3.05) is 18.1 Å². The Morgan fingerprint density at radius 2 is 2.00 bits per heavy atom. The molecule has 0 fully saturated rings. The van der Waals surface area contributed by atoms with Crippen LogP contribution in [0.5, 0.6) is 5.75 Å². The van der Waals surface area contributed by atoms with Gasteiger partial charge in [0, 0.05) is 17.4 Å². The Morgan fingerprint density at radius 3 is 2.85 bits per heavy atom. The van der Waals surface area contributed by atoms with Crippen molar-refractivity contribution in [1.82, 2.24) is 0 Å². The summed E-state index contributed by atoms with van der Waals surface area (Å²) in [6.45, 7) is 1.90. The molecular formula is C16H15BrFNO. The molecule has 2 nitrogen and oxygen atoms in total. The molecule has 0 amide bonds. The van der Waals surface area contributed by atoms with Gasteiger partial charge in [0.15, 0.2) is 0 Å². The Labute approximate surface area is 126 Å². The number of benzene rings is 2. The first-order valence-corrected chi connectivity index (χ1v) is 7.71. The van der Waals surface area contributed by atoms with Gasteiger partial charge in [-0.05, 0) is 17.7 Å². The van der Waals surface area contributed by atoms with E-state index in [2.05, 4.69) is 20.8 Å². The number of hydrogen-bond acceptors (Lipinski definition) is 2. The lowest BCUT2D eigenvalue weighted by Gasteiger charge is -2.25. The Bertz CT molecular complexity index is 617. The molecule has 0 saturated heterocycles. The molecule has 2 aromatic rings. The van der Waals surface area contributed by atoms with E-state index in [1.807, 2.05) is 30.3 Å². The van der Waals surface area contributed by atoms with E-state index in [1.54, 1.807) is 6.07 Å². The summed E-state index contributed by atoms with van der Waals surface area (Å²) in [5, 5.41) is 0.638. The number of ether oxygens (including phenoxy) is 1. The maximum atomic E-state index is 14.2. The van der Waals surface area contributed by atoms with Gasteiger partial charge in [-0.3, -0.25) is 0 Å². The van der Waals surface area contributed by atoms with Gasteiger partial charge in [-0.1, -0.05) is 46.3 Å². The van der Waals surface area contributed by atoms with Crippen LogP contribution in [0, 0.1) is 5.82 Å². The molecule has 1 aliphatic heterocycles. The first-order chi connectivity index (χ1) is 9.79. The summed E-state index contributed by atoms with van der Waals surface area (Å²) in [5.41, 5.74) is 2.72. The van der Waals surface area contributed by atoms with Crippen LogP contribution in [0.1, 0.15) is 11.1 Å². The van der Waals surface area contributed by atoms with Crippen LogP contribution in [0.15, 0.2) is 42.5 Å². The molecule has 20 heavy (non-hydrogen) atoms. The summed E-state index contributed by atoms with van der Waals surface area (Å²) in [7, 11) is 0. The fraction of sp³-hybridized carbons (Fsp3) is 0.250. The summed E-state index contributed by atoms with van der Waals surface area (Å²) in [5.74, 6) is 0.716. The van der Waals surface area contributed by atoms with Crippen LogP contribution in [-0.2, 0) is 11.9 Å². The highest BCUT2D eigenvalue weighted by Crippen LogP contribution is 2.31. The summed E-state index contributed by atoms with van der Waals surface area (Å²) < 4.78 is 20.0. The highest BCUT2D eigenvalue weighted by molar-refractivity contribution is 9.08. The van der Waals surface area contributed by atoms with Crippen molar-refractivity contribution in [2.24, 2.45) is 0 Å². The highest BCUT2D eigenvalue weighted by Gasteiger charge is 2.20. The van der Waals surface area contributed by atoms with Crippen LogP contribution < -0.4 is 9.64 Å². The molecule has 0 radical (unpaired) electrons. The van der Waals surface area contributed by atoms with Crippen molar-refractivity contribution in [1.29, 1.82) is 0 Å². The van der Waals surface area contributed by atoms with E-state index < -0.39 is 0 Å². The highest BCUT2D eigenvalue weighted by atomic mass is 79.9. The third kappa shape index (κ3) is 2.52. The molecule has 2 aromatic carbocycles. The Morgan fingerprint density at radius 1 is 1.15 bits per heavy atom. The van der Waals surface area contributed by atoms with Gasteiger partial charge in [-0.15, -0.1) is 0 Å². The fourth-order valence-corrected chi connectivity index (χ4v) is 2.99. The quantitative estimate of drug-likeness (QED) is 0.765. The normalized spacial score (nSPS) is 14.4. The molecule has 0 spiro atoms. The standard InChI is InChI=1S/C16H15BrFNO/c17-10-12-5-3-6-14(18)16(12)19-8-9-20-15-7-2-1-4-13(15)11-19/h1-7H,8-11H2. The second kappa shape index (κ2) is 5.83. The Hall–Kier alpha value is -1.55. The molecule has 0 saturated carbocycles. The van der Waals surface area contributed by atoms with Gasteiger partial charge < -0.3 is 9.64 Å². The molecule has 0 atom stereocenters. The lowest BCUT2D eigenvalue weighted by Crippen LogP contribution is -2.27. The van der Waals surface area contributed by atoms with E-state index in [0.29, 0.717) is 30.7 Å². The van der Waals surface area contributed by atoms with Crippen molar-refractivity contribution in [3.63, 3.8) is 0 Å². The van der Waals surface area contributed by atoms with Gasteiger partial charge in [-0.25, -0.2) is 4.39 Å². The average Bonchev–Trinajstić information content (AvgIpc) is 2.68. The van der Waals surface area contributed by atoms with Crippen LogP contribution in [0.25, 0.3) is 0 Å². The van der Waals surface area contributed by atoms with Crippen molar-refractivity contribution < 1.29 is 9.13 Å². The summed E-state index contributed by atoms with van der Waals surface area (Å²) in [4.78, 5) is 2.05. The molecule has 0 unspecified atom stereocenters. The molecule has 1 aliphatic rings. The van der Waals surface area contributed by atoms with Gasteiger partial charge in [0.05, 0.1) is 12.2 Å². The smallest absolute Gasteiger partial charge is 0.146 e. The predicted molar refractivity (Wildman–Crippen MR) is 82.0 cm³/mol. The second-order valence-corrected chi connectivity index (χ2v) is 5.32. The number of rotatable bonds is 2. The number of fused-ring (bicyclic) bond motifs is 1. The molecular weight excluding hydrogens is 321 g/mol. The van der Waals surface area contributed by atoms with E-state index in [-0.39, 0.29) is 5.82 Å². The first kappa shape index (κ1) is 13.4. The van der Waals surface area contributed by atoms with Crippen LogP contribution in [0.4, 0.5) is 10.1 Å². The van der Waals surface area contributed by atoms with Crippen molar-refractivity contribution >= 4 is 21.6 Å². The summed E-state index contributed by atoms with van der Waals surface area (Å²) >= 11 is 3.44.